The molecule has 0 aliphatic carbocycles. The van der Waals surface area contributed by atoms with Crippen molar-refractivity contribution in [2.45, 2.75) is 35.9 Å². The number of thiazole rings is 1. The molecule has 20 heteroatoms. The van der Waals surface area contributed by atoms with E-state index in [1.165, 1.54) is 17.5 Å². The fraction of sp³-hybridized carbons (Fsp3) is 0.214. The van der Waals surface area contributed by atoms with E-state index in [4.69, 9.17) is 10.7 Å². The Morgan fingerprint density at radius 1 is 0.812 bits per heavy atom. The first-order valence-corrected chi connectivity index (χ1v) is 17.8. The Morgan fingerprint density at radius 3 is 1.83 bits per heavy atom. The van der Waals surface area contributed by atoms with Gasteiger partial charge in [-0.15, -0.1) is 26.3 Å². The predicted molar refractivity (Wildman–Crippen MR) is 164 cm³/mol. The molecule has 0 radical (unpaired) electrons. The van der Waals surface area contributed by atoms with Crippen LogP contribution < -0.4 is 19.5 Å². The molecule has 4 rings (SSSR count). The van der Waals surface area contributed by atoms with Gasteiger partial charge in [0.1, 0.15) is 11.5 Å². The summed E-state index contributed by atoms with van der Waals surface area (Å²) in [6, 6.07) is 14.8. The minimum absolute atomic E-state index is 0.0938. The highest BCUT2D eigenvalue weighted by atomic mass is 35.7. The maximum absolute atomic E-state index is 12.6. The van der Waals surface area contributed by atoms with Gasteiger partial charge in [0.2, 0.25) is 15.8 Å². The monoisotopic (exact) mass is 759 g/mol. The van der Waals surface area contributed by atoms with Crippen LogP contribution in [0.4, 0.5) is 31.5 Å². The molecule has 48 heavy (non-hydrogen) atoms. The number of halogens is 7. The molecule has 0 unspecified atom stereocenters. The number of sulfonamides is 1. The third kappa shape index (κ3) is 12.6. The zero-order valence-corrected chi connectivity index (χ0v) is 27.5. The summed E-state index contributed by atoms with van der Waals surface area (Å²) in [4.78, 5) is 16.8. The molecule has 260 valence electrons. The van der Waals surface area contributed by atoms with Crippen molar-refractivity contribution in [3.63, 3.8) is 0 Å². The number of nitrogens with one attached hydrogen (secondary N) is 2. The second kappa shape index (κ2) is 16.0. The highest BCUT2D eigenvalue weighted by Crippen LogP contribution is 2.26. The van der Waals surface area contributed by atoms with Gasteiger partial charge in [-0.3, -0.25) is 4.79 Å². The minimum Gasteiger partial charge on any atom is -0.406 e. The van der Waals surface area contributed by atoms with Crippen molar-refractivity contribution in [3.05, 3.63) is 95.0 Å². The molecule has 0 fully saturated rings. The van der Waals surface area contributed by atoms with Gasteiger partial charge in [-0.2, -0.15) is 0 Å². The van der Waals surface area contributed by atoms with Crippen LogP contribution in [0, 0.1) is 6.92 Å². The van der Waals surface area contributed by atoms with E-state index < -0.39 is 43.3 Å². The maximum atomic E-state index is 12.6. The number of aryl methyl sites for hydroxylation is 1. The maximum Gasteiger partial charge on any atom is 0.573 e. The number of ether oxygens (including phenoxy) is 2. The van der Waals surface area contributed by atoms with Crippen molar-refractivity contribution < 1.29 is 57.4 Å². The summed E-state index contributed by atoms with van der Waals surface area (Å²) in [7, 11) is -2.85. The molecule has 0 spiro atoms. The van der Waals surface area contributed by atoms with Gasteiger partial charge in [-0.05, 0) is 67.4 Å². The molecule has 10 nitrogen and oxygen atoms in total. The number of aromatic nitrogens is 1. The average molecular weight is 760 g/mol. The lowest BCUT2D eigenvalue weighted by molar-refractivity contribution is -0.275. The Hall–Kier alpha value is -3.91. The van der Waals surface area contributed by atoms with Crippen LogP contribution in [-0.2, 0) is 19.1 Å². The van der Waals surface area contributed by atoms with Crippen molar-refractivity contribution >= 4 is 52.0 Å². The third-order valence-electron chi connectivity index (χ3n) is 5.75. The smallest absolute Gasteiger partial charge is 0.406 e. The van der Waals surface area contributed by atoms with E-state index in [0.717, 1.165) is 54.1 Å². The average Bonchev–Trinajstić information content (AvgIpc) is 3.45. The first-order chi connectivity index (χ1) is 22.2. The van der Waals surface area contributed by atoms with Crippen LogP contribution in [0.2, 0.25) is 0 Å². The SMILES string of the molecule is Cc1ccccc1C(=O)c1cnc(NCCCNS(=O)(=O)c2ccc(OC(F)(F)F)cc2)s1.O=S(=O)(Cl)c1ccc(OC(F)(F)F)cc1. The van der Waals surface area contributed by atoms with Gasteiger partial charge in [0, 0.05) is 29.3 Å². The van der Waals surface area contributed by atoms with Crippen LogP contribution in [0.3, 0.4) is 0 Å². The van der Waals surface area contributed by atoms with Crippen molar-refractivity contribution in [2.75, 3.05) is 18.4 Å². The van der Waals surface area contributed by atoms with Gasteiger partial charge in [-0.25, -0.2) is 26.5 Å². The number of nitrogens with zero attached hydrogens (tertiary/aromatic N) is 1. The minimum atomic E-state index is -4.85. The summed E-state index contributed by atoms with van der Waals surface area (Å²) in [5, 5.41) is 3.58. The predicted octanol–water partition coefficient (Wildman–Crippen LogP) is 6.87. The standard InChI is InChI=1S/C21H20F3N3O4S2.C7H4ClF3O3S/c1-14-5-2-3-6-17(14)19(28)18-13-26-20(32-18)25-11-4-12-27-33(29,30)16-9-7-15(8-10-16)31-21(22,23)24;8-15(12,13)6-3-1-5(2-4-6)14-7(9,10)11/h2-3,5-10,13,27H,4,11-12H2,1H3,(H,25,26);1-4H. The van der Waals surface area contributed by atoms with Gasteiger partial charge < -0.3 is 14.8 Å². The summed E-state index contributed by atoms with van der Waals surface area (Å²) in [5.74, 6) is -1.13. The van der Waals surface area contributed by atoms with Crippen molar-refractivity contribution in [1.29, 1.82) is 0 Å². The zero-order chi connectivity index (χ0) is 35.8. The number of hydrogen-bond donors (Lipinski definition) is 2. The first kappa shape index (κ1) is 38.5. The second-order valence-electron chi connectivity index (χ2n) is 9.33. The molecule has 0 saturated carbocycles. The van der Waals surface area contributed by atoms with Crippen LogP contribution in [0.5, 0.6) is 11.5 Å². The Morgan fingerprint density at radius 2 is 1.33 bits per heavy atom. The van der Waals surface area contributed by atoms with E-state index in [2.05, 4.69) is 24.5 Å². The number of hydrogen-bond acceptors (Lipinski definition) is 10. The van der Waals surface area contributed by atoms with E-state index in [-0.39, 0.29) is 22.1 Å². The lowest BCUT2D eigenvalue weighted by Gasteiger charge is -2.10. The van der Waals surface area contributed by atoms with Crippen LogP contribution in [0.25, 0.3) is 0 Å². The molecular formula is C28H24ClF6N3O7S3. The number of carbonyl (C=O) groups excluding carboxylic acids is 1. The van der Waals surface area contributed by atoms with E-state index in [1.54, 1.807) is 12.1 Å². The fourth-order valence-electron chi connectivity index (χ4n) is 3.62. The fourth-order valence-corrected chi connectivity index (χ4v) is 6.26. The number of carbonyl (C=O) groups is 1. The molecule has 0 bridgehead atoms. The molecule has 1 aromatic heterocycles. The van der Waals surface area contributed by atoms with Crippen molar-refractivity contribution in [3.8, 4) is 11.5 Å². The Bertz CT molecular complexity index is 1900. The number of anilines is 1. The lowest BCUT2D eigenvalue weighted by Crippen LogP contribution is -2.26. The Balaban J connectivity index is 0.000000348. The zero-order valence-electron chi connectivity index (χ0n) is 24.3. The third-order valence-corrected chi connectivity index (χ3v) is 9.55. The van der Waals surface area contributed by atoms with Crippen LogP contribution >= 0.6 is 22.0 Å². The van der Waals surface area contributed by atoms with E-state index in [1.807, 2.05) is 19.1 Å². The first-order valence-electron chi connectivity index (χ1n) is 13.2. The summed E-state index contributed by atoms with van der Waals surface area (Å²) in [6.07, 6.45) is -7.75. The Labute approximate surface area is 279 Å². The molecule has 1 heterocycles. The van der Waals surface area contributed by atoms with Crippen LogP contribution in [0.15, 0.2) is 88.8 Å². The van der Waals surface area contributed by atoms with Gasteiger partial charge in [-0.1, -0.05) is 35.6 Å². The molecule has 0 amide bonds. The van der Waals surface area contributed by atoms with E-state index >= 15 is 0 Å². The van der Waals surface area contributed by atoms with E-state index in [9.17, 15) is 48.0 Å². The summed E-state index contributed by atoms with van der Waals surface area (Å²) in [5.41, 5.74) is 1.49. The van der Waals surface area contributed by atoms with Crippen molar-refractivity contribution in [1.82, 2.24) is 9.71 Å². The number of benzene rings is 3. The molecule has 0 saturated heterocycles. The van der Waals surface area contributed by atoms with E-state index in [0.29, 0.717) is 28.5 Å². The Kier molecular flexibility index (Phi) is 12.8. The number of alkyl halides is 6. The van der Waals surface area contributed by atoms with Crippen LogP contribution in [-0.4, -0.2) is 53.4 Å². The highest BCUT2D eigenvalue weighted by molar-refractivity contribution is 8.13. The molecular weight excluding hydrogens is 736 g/mol. The van der Waals surface area contributed by atoms with Gasteiger partial charge >= 0.3 is 12.7 Å². The second-order valence-corrected chi connectivity index (χ2v) is 14.7. The molecule has 0 aliphatic heterocycles. The largest absolute Gasteiger partial charge is 0.573 e. The van der Waals surface area contributed by atoms with Gasteiger partial charge in [0.25, 0.3) is 9.05 Å². The number of ketones is 1. The molecule has 0 aliphatic rings. The van der Waals surface area contributed by atoms with Crippen LogP contribution in [0.1, 0.15) is 27.2 Å². The normalized spacial score (nSPS) is 12.1. The van der Waals surface area contributed by atoms with Crippen molar-refractivity contribution in [2.24, 2.45) is 0 Å². The summed E-state index contributed by atoms with van der Waals surface area (Å²) >= 11 is 1.21. The van der Waals surface area contributed by atoms with Gasteiger partial charge in [0.15, 0.2) is 5.13 Å². The molecule has 4 aromatic rings. The lowest BCUT2D eigenvalue weighted by atomic mass is 10.0. The topological polar surface area (TPSA) is 141 Å². The highest BCUT2D eigenvalue weighted by Gasteiger charge is 2.32. The summed E-state index contributed by atoms with van der Waals surface area (Å²) < 4.78 is 127. The quantitative estimate of drug-likeness (QED) is 0.0685. The molecule has 0 atom stereocenters. The van der Waals surface area contributed by atoms with Gasteiger partial charge in [0.05, 0.1) is 20.9 Å². The molecule has 2 N–H and O–H groups in total. The number of rotatable bonds is 12. The summed E-state index contributed by atoms with van der Waals surface area (Å²) in [6.45, 7) is 2.35. The molecule has 3 aromatic carbocycles.